The molecule has 0 aliphatic heterocycles. The van der Waals surface area contributed by atoms with Crippen LogP contribution in [0.3, 0.4) is 0 Å². The Morgan fingerprint density at radius 1 is 1.32 bits per heavy atom. The van der Waals surface area contributed by atoms with Crippen molar-refractivity contribution in [3.63, 3.8) is 0 Å². The molecule has 1 aromatic heterocycles. The molecule has 1 heterocycles. The van der Waals surface area contributed by atoms with Gasteiger partial charge < -0.3 is 5.73 Å². The Bertz CT molecular complexity index is 644. The van der Waals surface area contributed by atoms with Gasteiger partial charge in [-0.2, -0.15) is 0 Å². The highest BCUT2D eigenvalue weighted by Crippen LogP contribution is 2.23. The first-order chi connectivity index (χ1) is 8.84. The lowest BCUT2D eigenvalue weighted by atomic mass is 9.89. The number of nitrogens with two attached hydrogens (primary N) is 1. The summed E-state index contributed by atoms with van der Waals surface area (Å²) in [6, 6.07) is 7.84. The van der Waals surface area contributed by atoms with E-state index in [2.05, 4.69) is 25.9 Å². The van der Waals surface area contributed by atoms with Crippen molar-refractivity contribution in [2.24, 2.45) is 5.73 Å². The van der Waals surface area contributed by atoms with Crippen LogP contribution in [0.15, 0.2) is 29.1 Å². The van der Waals surface area contributed by atoms with Crippen molar-refractivity contribution in [1.82, 2.24) is 9.78 Å². The molecule has 2 aromatic rings. The molecule has 0 aliphatic rings. The number of rotatable bonds is 2. The molecule has 0 saturated heterocycles. The topological polar surface area (TPSA) is 63.8 Å². The number of aromatic nitrogens is 2. The van der Waals surface area contributed by atoms with E-state index in [-0.39, 0.29) is 17.5 Å². The van der Waals surface area contributed by atoms with Gasteiger partial charge in [0.05, 0.1) is 11.3 Å². The Balaban J connectivity index is 2.67. The summed E-state index contributed by atoms with van der Waals surface area (Å²) in [6.45, 7) is 8.46. The molecule has 0 spiro atoms. The van der Waals surface area contributed by atoms with Crippen molar-refractivity contribution in [2.45, 2.75) is 39.7 Å². The van der Waals surface area contributed by atoms with E-state index < -0.39 is 0 Å². The number of aryl methyl sites for hydroxylation is 1. The van der Waals surface area contributed by atoms with E-state index >= 15 is 0 Å². The van der Waals surface area contributed by atoms with Crippen molar-refractivity contribution in [1.29, 1.82) is 0 Å². The van der Waals surface area contributed by atoms with Crippen LogP contribution < -0.4 is 11.3 Å². The fraction of sp³-hybridized carbons (Fsp3) is 0.400. The molecule has 0 unspecified atom stereocenters. The summed E-state index contributed by atoms with van der Waals surface area (Å²) in [5.74, 6) is 0. The summed E-state index contributed by atoms with van der Waals surface area (Å²) in [5.41, 5.74) is 9.07. The van der Waals surface area contributed by atoms with Gasteiger partial charge in [-0.1, -0.05) is 32.9 Å². The van der Waals surface area contributed by atoms with Crippen LogP contribution in [0.4, 0.5) is 0 Å². The van der Waals surface area contributed by atoms with Crippen LogP contribution in [0.1, 0.15) is 37.6 Å². The van der Waals surface area contributed by atoms with E-state index in [9.17, 15) is 4.79 Å². The van der Waals surface area contributed by atoms with E-state index in [0.29, 0.717) is 5.56 Å². The average molecular weight is 259 g/mol. The van der Waals surface area contributed by atoms with E-state index in [1.165, 1.54) is 0 Å². The largest absolute Gasteiger partial charge is 0.326 e. The van der Waals surface area contributed by atoms with Gasteiger partial charge in [0.2, 0.25) is 0 Å². The Morgan fingerprint density at radius 3 is 2.47 bits per heavy atom. The van der Waals surface area contributed by atoms with Gasteiger partial charge in [-0.15, -0.1) is 0 Å². The monoisotopic (exact) mass is 259 g/mol. The molecule has 19 heavy (non-hydrogen) atoms. The zero-order valence-electron chi connectivity index (χ0n) is 11.9. The third-order valence-corrected chi connectivity index (χ3v) is 3.20. The predicted molar refractivity (Wildman–Crippen MR) is 77.7 cm³/mol. The molecule has 0 saturated carbocycles. The molecule has 4 nitrogen and oxygen atoms in total. The van der Waals surface area contributed by atoms with Crippen molar-refractivity contribution in [2.75, 3.05) is 0 Å². The second-order valence-electron chi connectivity index (χ2n) is 5.90. The van der Waals surface area contributed by atoms with Crippen LogP contribution in [0, 0.1) is 6.92 Å². The molecule has 3 N–H and O–H groups in total. The van der Waals surface area contributed by atoms with E-state index in [1.54, 1.807) is 4.68 Å². The molecule has 0 radical (unpaired) electrons. The third-order valence-electron chi connectivity index (χ3n) is 3.20. The average Bonchev–Trinajstić information content (AvgIpc) is 2.66. The normalized spacial score (nSPS) is 11.8. The Labute approximate surface area is 113 Å². The number of nitrogens with zero attached hydrogens (tertiary/aromatic N) is 1. The Kier molecular flexibility index (Phi) is 3.37. The summed E-state index contributed by atoms with van der Waals surface area (Å²) in [4.78, 5) is 12.4. The molecular weight excluding hydrogens is 238 g/mol. The number of H-pyrrole nitrogens is 1. The zero-order chi connectivity index (χ0) is 14.2. The smallest absolute Gasteiger partial charge is 0.275 e. The second-order valence-corrected chi connectivity index (χ2v) is 5.90. The van der Waals surface area contributed by atoms with E-state index in [0.717, 1.165) is 16.9 Å². The zero-order valence-corrected chi connectivity index (χ0v) is 11.9. The van der Waals surface area contributed by atoms with E-state index in [1.807, 2.05) is 31.2 Å². The van der Waals surface area contributed by atoms with Gasteiger partial charge >= 0.3 is 0 Å². The maximum atomic E-state index is 12.4. The van der Waals surface area contributed by atoms with Crippen LogP contribution >= 0.6 is 0 Å². The summed E-state index contributed by atoms with van der Waals surface area (Å²) < 4.78 is 1.58. The Hall–Kier alpha value is -1.81. The van der Waals surface area contributed by atoms with Crippen LogP contribution in [0.5, 0.6) is 0 Å². The first-order valence-electron chi connectivity index (χ1n) is 6.46. The maximum Gasteiger partial charge on any atom is 0.275 e. The van der Waals surface area contributed by atoms with Gasteiger partial charge in [0, 0.05) is 17.7 Å². The van der Waals surface area contributed by atoms with E-state index in [4.69, 9.17) is 5.73 Å². The molecule has 0 fully saturated rings. The summed E-state index contributed by atoms with van der Waals surface area (Å²) in [5, 5.41) is 3.21. The fourth-order valence-electron chi connectivity index (χ4n) is 2.23. The second kappa shape index (κ2) is 4.70. The standard InChI is InChI=1S/C15H21N3O/c1-10-6-5-7-11(8-10)18-14(19)12(9-16)13(17-18)15(2,3)4/h5-8,17H,9,16H2,1-4H3. The lowest BCUT2D eigenvalue weighted by Gasteiger charge is -2.17. The van der Waals surface area contributed by atoms with Gasteiger partial charge in [0.25, 0.3) is 5.56 Å². The molecule has 0 atom stereocenters. The lowest BCUT2D eigenvalue weighted by molar-refractivity contribution is 0.554. The van der Waals surface area contributed by atoms with Crippen LogP contribution in [-0.2, 0) is 12.0 Å². The van der Waals surface area contributed by atoms with Gasteiger partial charge in [-0.3, -0.25) is 9.89 Å². The molecule has 2 rings (SSSR count). The number of hydrogen-bond donors (Lipinski definition) is 2. The van der Waals surface area contributed by atoms with Gasteiger partial charge in [0.1, 0.15) is 0 Å². The summed E-state index contributed by atoms with van der Waals surface area (Å²) in [6.07, 6.45) is 0. The fourth-order valence-corrected chi connectivity index (χ4v) is 2.23. The maximum absolute atomic E-state index is 12.4. The SMILES string of the molecule is Cc1cccc(-n2[nH]c(C(C)(C)C)c(CN)c2=O)c1. The van der Waals surface area contributed by atoms with Crippen LogP contribution in [0.2, 0.25) is 0 Å². The molecule has 0 amide bonds. The first-order valence-corrected chi connectivity index (χ1v) is 6.46. The van der Waals surface area contributed by atoms with Gasteiger partial charge in [-0.05, 0) is 24.6 Å². The first kappa shape index (κ1) is 13.6. The number of hydrogen-bond acceptors (Lipinski definition) is 2. The third kappa shape index (κ3) is 2.49. The molecule has 1 aromatic carbocycles. The Morgan fingerprint density at radius 2 is 2.00 bits per heavy atom. The minimum Gasteiger partial charge on any atom is -0.326 e. The quantitative estimate of drug-likeness (QED) is 0.868. The van der Waals surface area contributed by atoms with Crippen molar-refractivity contribution >= 4 is 0 Å². The minimum absolute atomic E-state index is 0.0574. The highest BCUT2D eigenvalue weighted by molar-refractivity contribution is 5.37. The molecular formula is C15H21N3O. The molecule has 4 heteroatoms. The molecule has 0 bridgehead atoms. The van der Waals surface area contributed by atoms with Crippen molar-refractivity contribution in [3.05, 3.63) is 51.4 Å². The van der Waals surface area contributed by atoms with Gasteiger partial charge in [-0.25, -0.2) is 4.68 Å². The number of benzene rings is 1. The van der Waals surface area contributed by atoms with Crippen LogP contribution in [0.25, 0.3) is 5.69 Å². The number of nitrogens with one attached hydrogen (secondary N) is 1. The predicted octanol–water partition coefficient (Wildman–Crippen LogP) is 2.23. The molecule has 102 valence electrons. The summed E-state index contributed by atoms with van der Waals surface area (Å²) >= 11 is 0. The number of aromatic amines is 1. The lowest BCUT2D eigenvalue weighted by Crippen LogP contribution is -2.20. The van der Waals surface area contributed by atoms with Crippen LogP contribution in [-0.4, -0.2) is 9.78 Å². The minimum atomic E-state index is -0.136. The van der Waals surface area contributed by atoms with Gasteiger partial charge in [0.15, 0.2) is 0 Å². The van der Waals surface area contributed by atoms with Crippen molar-refractivity contribution in [3.8, 4) is 5.69 Å². The highest BCUT2D eigenvalue weighted by Gasteiger charge is 2.23. The molecule has 0 aliphatic carbocycles. The summed E-state index contributed by atoms with van der Waals surface area (Å²) in [7, 11) is 0. The van der Waals surface area contributed by atoms with Crippen molar-refractivity contribution < 1.29 is 0 Å². The highest BCUT2D eigenvalue weighted by atomic mass is 16.1.